The second-order valence-corrected chi connectivity index (χ2v) is 5.61. The van der Waals surface area contributed by atoms with Crippen LogP contribution in [0.3, 0.4) is 0 Å². The average molecular weight is 299 g/mol. The van der Waals surface area contributed by atoms with E-state index in [9.17, 15) is 0 Å². The molecule has 0 radical (unpaired) electrons. The van der Waals surface area contributed by atoms with Gasteiger partial charge in [0.15, 0.2) is 0 Å². The molecule has 0 saturated heterocycles. The minimum Gasteiger partial charge on any atom is -0.456 e. The quantitative estimate of drug-likeness (QED) is 0.781. The average Bonchev–Trinajstić information content (AvgIpc) is 2.48. The molecule has 2 N–H and O–H groups in total. The number of nitrogens with two attached hydrogens (primary N) is 1. The van der Waals surface area contributed by atoms with Gasteiger partial charge in [0, 0.05) is 0 Å². The molecule has 0 amide bonds. The smallest absolute Gasteiger partial charge is 0.140 e. The van der Waals surface area contributed by atoms with Crippen molar-refractivity contribution in [1.29, 1.82) is 0 Å². The van der Waals surface area contributed by atoms with E-state index in [1.165, 1.54) is 18.4 Å². The molecule has 0 aliphatic carbocycles. The standard InChI is InChI=1S/C18H21NOS/c1-3-4-7-14-9-11-15(12-10-14)20-17-13(2)6-5-8-16(17)18(19)21/h5-6,8-12H,3-4,7H2,1-2H3,(H2,19,21). The highest BCUT2D eigenvalue weighted by atomic mass is 32.1. The number of para-hydroxylation sites is 1. The summed E-state index contributed by atoms with van der Waals surface area (Å²) < 4.78 is 5.99. The Morgan fingerprint density at radius 3 is 2.48 bits per heavy atom. The third-order valence-electron chi connectivity index (χ3n) is 3.44. The lowest BCUT2D eigenvalue weighted by atomic mass is 10.1. The van der Waals surface area contributed by atoms with Crippen LogP contribution in [0, 0.1) is 6.92 Å². The summed E-state index contributed by atoms with van der Waals surface area (Å²) in [6.07, 6.45) is 3.53. The largest absolute Gasteiger partial charge is 0.456 e. The maximum absolute atomic E-state index is 5.99. The number of unbranched alkanes of at least 4 members (excludes halogenated alkanes) is 1. The molecule has 2 aromatic rings. The number of hydrogen-bond acceptors (Lipinski definition) is 2. The summed E-state index contributed by atoms with van der Waals surface area (Å²) in [5.74, 6) is 1.55. The van der Waals surface area contributed by atoms with Gasteiger partial charge in [0.25, 0.3) is 0 Å². The molecule has 110 valence electrons. The van der Waals surface area contributed by atoms with E-state index < -0.39 is 0 Å². The van der Waals surface area contributed by atoms with Crippen molar-refractivity contribution >= 4 is 17.2 Å². The molecule has 0 aromatic heterocycles. The first-order valence-electron chi connectivity index (χ1n) is 7.28. The van der Waals surface area contributed by atoms with Crippen LogP contribution in [0.1, 0.15) is 36.5 Å². The molecular weight excluding hydrogens is 278 g/mol. The van der Waals surface area contributed by atoms with Crippen molar-refractivity contribution in [3.05, 3.63) is 59.2 Å². The fraction of sp³-hybridized carbons (Fsp3) is 0.278. The third kappa shape index (κ3) is 4.05. The second-order valence-electron chi connectivity index (χ2n) is 5.17. The zero-order chi connectivity index (χ0) is 15.2. The monoisotopic (exact) mass is 299 g/mol. The molecule has 3 heteroatoms. The van der Waals surface area contributed by atoms with Gasteiger partial charge in [-0.2, -0.15) is 0 Å². The lowest BCUT2D eigenvalue weighted by molar-refractivity contribution is 0.477. The molecule has 0 aliphatic heterocycles. The van der Waals surface area contributed by atoms with Crippen LogP contribution in [0.5, 0.6) is 11.5 Å². The maximum atomic E-state index is 5.99. The Bertz CT molecular complexity index is 620. The SMILES string of the molecule is CCCCc1ccc(Oc2c(C)cccc2C(N)=S)cc1. The van der Waals surface area contributed by atoms with Gasteiger partial charge in [-0.25, -0.2) is 0 Å². The highest BCUT2D eigenvalue weighted by molar-refractivity contribution is 7.80. The minimum absolute atomic E-state index is 0.355. The number of benzene rings is 2. The van der Waals surface area contributed by atoms with Crippen LogP contribution in [-0.4, -0.2) is 4.99 Å². The Kier molecular flexibility index (Phi) is 5.34. The predicted octanol–water partition coefficient (Wildman–Crippen LogP) is 4.76. The maximum Gasteiger partial charge on any atom is 0.140 e. The normalized spacial score (nSPS) is 10.4. The van der Waals surface area contributed by atoms with Gasteiger partial charge in [-0.05, 0) is 49.1 Å². The molecule has 0 fully saturated rings. The van der Waals surface area contributed by atoms with Crippen molar-refractivity contribution in [2.24, 2.45) is 5.73 Å². The molecule has 0 saturated carbocycles. The molecule has 0 spiro atoms. The topological polar surface area (TPSA) is 35.2 Å². The lowest BCUT2D eigenvalue weighted by Gasteiger charge is -2.13. The van der Waals surface area contributed by atoms with Gasteiger partial charge in [0.2, 0.25) is 0 Å². The van der Waals surface area contributed by atoms with Crippen LogP contribution < -0.4 is 10.5 Å². The van der Waals surface area contributed by atoms with Gasteiger partial charge in [-0.3, -0.25) is 0 Å². The Morgan fingerprint density at radius 1 is 1.14 bits per heavy atom. The number of thiocarbonyl (C=S) groups is 1. The van der Waals surface area contributed by atoms with Crippen LogP contribution in [-0.2, 0) is 6.42 Å². The van der Waals surface area contributed by atoms with Gasteiger partial charge < -0.3 is 10.5 Å². The molecule has 0 unspecified atom stereocenters. The predicted molar refractivity (Wildman–Crippen MR) is 92.2 cm³/mol. The van der Waals surface area contributed by atoms with E-state index in [-0.39, 0.29) is 0 Å². The minimum atomic E-state index is 0.355. The second kappa shape index (κ2) is 7.23. The molecular formula is C18H21NOS. The molecule has 2 rings (SSSR count). The van der Waals surface area contributed by atoms with E-state index in [2.05, 4.69) is 19.1 Å². The van der Waals surface area contributed by atoms with Gasteiger partial charge in [-0.15, -0.1) is 0 Å². The molecule has 0 aliphatic rings. The first-order chi connectivity index (χ1) is 10.1. The van der Waals surface area contributed by atoms with E-state index >= 15 is 0 Å². The van der Waals surface area contributed by atoms with E-state index in [0.29, 0.717) is 4.99 Å². The summed E-state index contributed by atoms with van der Waals surface area (Å²) in [5.41, 5.74) is 8.91. The fourth-order valence-corrected chi connectivity index (χ4v) is 2.37. The fourth-order valence-electron chi connectivity index (χ4n) is 2.20. The molecule has 0 heterocycles. The van der Waals surface area contributed by atoms with Crippen molar-refractivity contribution in [1.82, 2.24) is 0 Å². The van der Waals surface area contributed by atoms with Crippen LogP contribution in [0.25, 0.3) is 0 Å². The summed E-state index contributed by atoms with van der Waals surface area (Å²) in [6, 6.07) is 14.0. The molecule has 2 nitrogen and oxygen atoms in total. The summed E-state index contributed by atoms with van der Waals surface area (Å²) in [7, 11) is 0. The zero-order valence-electron chi connectivity index (χ0n) is 12.6. The van der Waals surface area contributed by atoms with E-state index in [1.807, 2.05) is 37.3 Å². The van der Waals surface area contributed by atoms with Crippen LogP contribution in [0.2, 0.25) is 0 Å². The van der Waals surface area contributed by atoms with Crippen molar-refractivity contribution in [3.8, 4) is 11.5 Å². The van der Waals surface area contributed by atoms with Crippen molar-refractivity contribution in [3.63, 3.8) is 0 Å². The molecule has 0 bridgehead atoms. The van der Waals surface area contributed by atoms with E-state index in [1.54, 1.807) is 0 Å². The number of aryl methyl sites for hydroxylation is 2. The summed E-state index contributed by atoms with van der Waals surface area (Å²) in [5, 5.41) is 0. The van der Waals surface area contributed by atoms with E-state index in [4.69, 9.17) is 22.7 Å². The Morgan fingerprint density at radius 2 is 1.86 bits per heavy atom. The van der Waals surface area contributed by atoms with E-state index in [0.717, 1.165) is 29.0 Å². The van der Waals surface area contributed by atoms with Gasteiger partial charge in [0.05, 0.1) is 5.56 Å². The number of hydrogen-bond donors (Lipinski definition) is 1. The van der Waals surface area contributed by atoms with Gasteiger partial charge >= 0.3 is 0 Å². The molecule has 2 aromatic carbocycles. The summed E-state index contributed by atoms with van der Waals surface area (Å²) in [4.78, 5) is 0.355. The van der Waals surface area contributed by atoms with Gasteiger partial charge in [0.1, 0.15) is 16.5 Å². The first-order valence-corrected chi connectivity index (χ1v) is 7.69. The van der Waals surface area contributed by atoms with Crippen molar-refractivity contribution in [2.45, 2.75) is 33.1 Å². The third-order valence-corrected chi connectivity index (χ3v) is 3.66. The van der Waals surface area contributed by atoms with Crippen LogP contribution in [0.4, 0.5) is 0 Å². The molecule has 0 atom stereocenters. The zero-order valence-corrected chi connectivity index (χ0v) is 13.4. The first kappa shape index (κ1) is 15.5. The summed E-state index contributed by atoms with van der Waals surface area (Å²) in [6.45, 7) is 4.19. The van der Waals surface area contributed by atoms with Gasteiger partial charge in [-0.1, -0.05) is 49.8 Å². The summed E-state index contributed by atoms with van der Waals surface area (Å²) >= 11 is 5.09. The number of ether oxygens (including phenoxy) is 1. The highest BCUT2D eigenvalue weighted by Crippen LogP contribution is 2.29. The van der Waals surface area contributed by atoms with Crippen molar-refractivity contribution < 1.29 is 4.74 Å². The van der Waals surface area contributed by atoms with Crippen LogP contribution in [0.15, 0.2) is 42.5 Å². The Labute approximate surface area is 131 Å². The Balaban J connectivity index is 2.20. The lowest BCUT2D eigenvalue weighted by Crippen LogP contribution is -2.11. The highest BCUT2D eigenvalue weighted by Gasteiger charge is 2.10. The molecule has 21 heavy (non-hydrogen) atoms. The number of rotatable bonds is 6. The van der Waals surface area contributed by atoms with Crippen LogP contribution >= 0.6 is 12.2 Å². The Hall–Kier alpha value is -1.87. The van der Waals surface area contributed by atoms with Crippen molar-refractivity contribution in [2.75, 3.05) is 0 Å².